The summed E-state index contributed by atoms with van der Waals surface area (Å²) in [5, 5.41) is 17.1. The molecule has 7 heteroatoms. The van der Waals surface area contributed by atoms with E-state index in [1.54, 1.807) is 13.0 Å². The number of hydrogen-bond acceptors (Lipinski definition) is 4. The molecule has 0 unspecified atom stereocenters. The third-order valence-corrected chi connectivity index (χ3v) is 4.35. The summed E-state index contributed by atoms with van der Waals surface area (Å²) in [5.41, 5.74) is 0.998. The molecule has 1 fully saturated rings. The fourth-order valence-electron chi connectivity index (χ4n) is 3.04. The maximum absolute atomic E-state index is 12.1. The van der Waals surface area contributed by atoms with Gasteiger partial charge in [0.1, 0.15) is 0 Å². The molecule has 2 rings (SSSR count). The number of carbonyl (C=O) groups is 1. The molecule has 1 aromatic rings. The quantitative estimate of drug-likeness (QED) is 0.354. The lowest BCUT2D eigenvalue weighted by atomic mass is 10.1. The molecule has 24 heavy (non-hydrogen) atoms. The minimum absolute atomic E-state index is 0. The van der Waals surface area contributed by atoms with Gasteiger partial charge in [0, 0.05) is 36.3 Å². The number of halogens is 1. The number of hydrogen-bond donors (Lipinski definition) is 2. The maximum atomic E-state index is 12.1. The van der Waals surface area contributed by atoms with Crippen LogP contribution >= 0.6 is 12.4 Å². The summed E-state index contributed by atoms with van der Waals surface area (Å²) in [6.45, 7) is 2.95. The van der Waals surface area contributed by atoms with Crippen molar-refractivity contribution in [3.8, 4) is 0 Å². The molecule has 0 bridgehead atoms. The first-order valence-electron chi connectivity index (χ1n) is 8.34. The van der Waals surface area contributed by atoms with Crippen molar-refractivity contribution in [2.45, 2.75) is 51.5 Å². The number of benzene rings is 1. The molecular weight excluding hydrogens is 330 g/mol. The molecule has 1 saturated carbocycles. The Morgan fingerprint density at radius 3 is 2.46 bits per heavy atom. The van der Waals surface area contributed by atoms with E-state index in [4.69, 9.17) is 0 Å². The second-order valence-electron chi connectivity index (χ2n) is 6.16. The predicted molar refractivity (Wildman–Crippen MR) is 96.9 cm³/mol. The van der Waals surface area contributed by atoms with Crippen LogP contribution in [-0.2, 0) is 0 Å². The molecule has 134 valence electrons. The Balaban J connectivity index is 0.00000288. The van der Waals surface area contributed by atoms with Crippen LogP contribution in [0.2, 0.25) is 0 Å². The van der Waals surface area contributed by atoms with Crippen LogP contribution in [0.5, 0.6) is 0 Å². The molecule has 1 aliphatic carbocycles. The Kier molecular flexibility index (Phi) is 8.71. The molecule has 0 atom stereocenters. The number of rotatable bonds is 6. The first-order chi connectivity index (χ1) is 11.1. The summed E-state index contributed by atoms with van der Waals surface area (Å²) in [7, 11) is 0. The highest BCUT2D eigenvalue weighted by Gasteiger charge is 2.14. The van der Waals surface area contributed by atoms with Gasteiger partial charge in [0.15, 0.2) is 0 Å². The van der Waals surface area contributed by atoms with Crippen molar-refractivity contribution in [3.63, 3.8) is 0 Å². The number of amides is 1. The normalized spacial score (nSPS) is 15.2. The van der Waals surface area contributed by atoms with Crippen molar-refractivity contribution in [2.24, 2.45) is 0 Å². The van der Waals surface area contributed by atoms with Gasteiger partial charge in [0.25, 0.3) is 11.6 Å². The van der Waals surface area contributed by atoms with E-state index in [2.05, 4.69) is 10.6 Å². The number of nitrogens with one attached hydrogen (secondary N) is 2. The summed E-state index contributed by atoms with van der Waals surface area (Å²) in [5.74, 6) is -0.189. The highest BCUT2D eigenvalue weighted by atomic mass is 35.5. The Hall–Kier alpha value is -1.66. The number of carbonyl (C=O) groups excluding carboxylic acids is 1. The van der Waals surface area contributed by atoms with E-state index in [0.29, 0.717) is 23.7 Å². The van der Waals surface area contributed by atoms with Gasteiger partial charge in [-0.05, 0) is 31.9 Å². The lowest BCUT2D eigenvalue weighted by Crippen LogP contribution is -2.36. The zero-order valence-corrected chi connectivity index (χ0v) is 14.9. The highest BCUT2D eigenvalue weighted by molar-refractivity contribution is 5.94. The van der Waals surface area contributed by atoms with Crippen LogP contribution < -0.4 is 10.6 Å². The van der Waals surface area contributed by atoms with Crippen LogP contribution in [0.1, 0.15) is 54.4 Å². The van der Waals surface area contributed by atoms with Gasteiger partial charge >= 0.3 is 0 Å². The first-order valence-corrected chi connectivity index (χ1v) is 8.34. The number of aryl methyl sites for hydroxylation is 1. The highest BCUT2D eigenvalue weighted by Crippen LogP contribution is 2.19. The zero-order chi connectivity index (χ0) is 16.7. The molecule has 0 aliphatic heterocycles. The minimum Gasteiger partial charge on any atom is -0.351 e. The molecule has 0 aromatic heterocycles. The fourth-order valence-corrected chi connectivity index (χ4v) is 3.04. The van der Waals surface area contributed by atoms with Crippen LogP contribution in [0.25, 0.3) is 0 Å². The molecule has 2 N–H and O–H groups in total. The third-order valence-electron chi connectivity index (χ3n) is 4.35. The molecule has 0 saturated heterocycles. The van der Waals surface area contributed by atoms with E-state index < -0.39 is 4.92 Å². The molecule has 0 heterocycles. The van der Waals surface area contributed by atoms with Crippen molar-refractivity contribution >= 4 is 24.0 Å². The monoisotopic (exact) mass is 355 g/mol. The lowest BCUT2D eigenvalue weighted by molar-refractivity contribution is -0.385. The fraction of sp³-hybridized carbons (Fsp3) is 0.588. The Bertz CT molecular complexity index is 558. The first kappa shape index (κ1) is 20.4. The van der Waals surface area contributed by atoms with Crippen molar-refractivity contribution in [1.29, 1.82) is 0 Å². The Morgan fingerprint density at radius 1 is 1.21 bits per heavy atom. The Morgan fingerprint density at radius 2 is 1.88 bits per heavy atom. The molecule has 1 aliphatic rings. The molecule has 1 aromatic carbocycles. The minimum atomic E-state index is -0.437. The lowest BCUT2D eigenvalue weighted by Gasteiger charge is -2.16. The molecule has 0 spiro atoms. The van der Waals surface area contributed by atoms with Gasteiger partial charge in [-0.1, -0.05) is 25.7 Å². The van der Waals surface area contributed by atoms with Gasteiger partial charge in [0.2, 0.25) is 0 Å². The predicted octanol–water partition coefficient (Wildman–Crippen LogP) is 3.37. The second-order valence-corrected chi connectivity index (χ2v) is 6.16. The van der Waals surface area contributed by atoms with E-state index in [1.165, 1.54) is 50.7 Å². The van der Waals surface area contributed by atoms with Crippen LogP contribution in [0, 0.1) is 17.0 Å². The topological polar surface area (TPSA) is 84.3 Å². The van der Waals surface area contributed by atoms with E-state index in [1.807, 2.05) is 0 Å². The van der Waals surface area contributed by atoms with Gasteiger partial charge in [-0.2, -0.15) is 0 Å². The van der Waals surface area contributed by atoms with Gasteiger partial charge in [-0.3, -0.25) is 14.9 Å². The maximum Gasteiger partial charge on any atom is 0.272 e. The summed E-state index contributed by atoms with van der Waals surface area (Å²) >= 11 is 0. The van der Waals surface area contributed by atoms with E-state index in [9.17, 15) is 14.9 Å². The standard InChI is InChI=1S/C17H25N3O3.ClH/c1-13-12-14(8-9-16(13)20(22)23)17(21)19-11-10-18-15-6-4-2-3-5-7-15;/h8-9,12,15,18H,2-7,10-11H2,1H3,(H,19,21);1H. The zero-order valence-electron chi connectivity index (χ0n) is 14.0. The van der Waals surface area contributed by atoms with Crippen molar-refractivity contribution in [1.82, 2.24) is 10.6 Å². The average Bonchev–Trinajstić information content (AvgIpc) is 2.79. The average molecular weight is 356 g/mol. The van der Waals surface area contributed by atoms with Crippen molar-refractivity contribution in [2.75, 3.05) is 13.1 Å². The molecule has 0 radical (unpaired) electrons. The number of nitro groups is 1. The van der Waals surface area contributed by atoms with E-state index in [0.717, 1.165) is 6.54 Å². The van der Waals surface area contributed by atoms with Gasteiger partial charge in [0.05, 0.1) is 4.92 Å². The number of nitrogens with zero attached hydrogens (tertiary/aromatic N) is 1. The van der Waals surface area contributed by atoms with Gasteiger partial charge < -0.3 is 10.6 Å². The summed E-state index contributed by atoms with van der Waals surface area (Å²) in [4.78, 5) is 22.4. The van der Waals surface area contributed by atoms with Gasteiger partial charge in [-0.25, -0.2) is 0 Å². The van der Waals surface area contributed by atoms with Crippen molar-refractivity contribution < 1.29 is 9.72 Å². The summed E-state index contributed by atoms with van der Waals surface area (Å²) < 4.78 is 0. The molecular formula is C17H26ClN3O3. The van der Waals surface area contributed by atoms with Gasteiger partial charge in [-0.15, -0.1) is 12.4 Å². The molecule has 1 amide bonds. The number of nitro benzene ring substituents is 1. The summed E-state index contributed by atoms with van der Waals surface area (Å²) in [6.07, 6.45) is 7.66. The van der Waals surface area contributed by atoms with E-state index in [-0.39, 0.29) is 24.0 Å². The van der Waals surface area contributed by atoms with E-state index >= 15 is 0 Å². The Labute approximate surface area is 149 Å². The SMILES string of the molecule is Cc1cc(C(=O)NCCNC2CCCCCC2)ccc1[N+](=O)[O-].Cl. The van der Waals surface area contributed by atoms with Crippen LogP contribution in [0.4, 0.5) is 5.69 Å². The second kappa shape index (κ2) is 10.3. The van der Waals surface area contributed by atoms with Crippen LogP contribution in [0.3, 0.4) is 0 Å². The third kappa shape index (κ3) is 6.09. The smallest absolute Gasteiger partial charge is 0.272 e. The van der Waals surface area contributed by atoms with Crippen molar-refractivity contribution in [3.05, 3.63) is 39.4 Å². The van der Waals surface area contributed by atoms with Crippen LogP contribution in [0.15, 0.2) is 18.2 Å². The van der Waals surface area contributed by atoms with Crippen LogP contribution in [-0.4, -0.2) is 30.0 Å². The largest absolute Gasteiger partial charge is 0.351 e. The summed E-state index contributed by atoms with van der Waals surface area (Å²) in [6, 6.07) is 5.01. The molecule has 6 nitrogen and oxygen atoms in total.